The lowest BCUT2D eigenvalue weighted by molar-refractivity contribution is -0.870. The first-order valence-corrected chi connectivity index (χ1v) is 8.84. The van der Waals surface area contributed by atoms with Crippen molar-refractivity contribution in [3.8, 4) is 0 Å². The maximum absolute atomic E-state index is 13.6. The molecule has 0 saturated heterocycles. The highest BCUT2D eigenvalue weighted by atomic mass is 32.2. The molecule has 0 aromatic heterocycles. The maximum Gasteiger partial charge on any atom is 0.460 e. The van der Waals surface area contributed by atoms with Crippen LogP contribution >= 0.6 is 0 Å². The standard InChI is InChI=1S/C12H15F13NO2S/c1-26(2,3)5-4-6-29(27,28)12(24,25)10(19,20)8(15,16)7(13,14)9(17,18)11(21,22)23/h4-6H2,1-3H3/q+1. The van der Waals surface area contributed by atoms with Crippen molar-refractivity contribution in [3.63, 3.8) is 0 Å². The monoisotopic (exact) mass is 484 g/mol. The molecule has 29 heavy (non-hydrogen) atoms. The first-order valence-electron chi connectivity index (χ1n) is 7.19. The zero-order valence-electron chi connectivity index (χ0n) is 14.7. The van der Waals surface area contributed by atoms with Crippen LogP contribution in [0.1, 0.15) is 6.42 Å². The zero-order valence-corrected chi connectivity index (χ0v) is 15.5. The Kier molecular flexibility index (Phi) is 7.05. The average Bonchev–Trinajstić information content (AvgIpc) is 2.43. The molecule has 176 valence electrons. The van der Waals surface area contributed by atoms with E-state index in [0.29, 0.717) is 0 Å². The number of alkyl halides is 13. The van der Waals surface area contributed by atoms with Crippen LogP contribution in [0.15, 0.2) is 0 Å². The third kappa shape index (κ3) is 4.54. The van der Waals surface area contributed by atoms with Crippen LogP contribution in [-0.2, 0) is 9.84 Å². The Bertz CT molecular complexity index is 692. The second kappa shape index (κ2) is 7.30. The molecule has 0 atom stereocenters. The second-order valence-electron chi connectivity index (χ2n) is 7.00. The number of quaternary nitrogens is 1. The minimum atomic E-state index is -8.12. The van der Waals surface area contributed by atoms with Crippen LogP contribution in [0.3, 0.4) is 0 Å². The summed E-state index contributed by atoms with van der Waals surface area (Å²) in [4.78, 5) is 0. The van der Waals surface area contributed by atoms with Gasteiger partial charge in [0.25, 0.3) is 0 Å². The van der Waals surface area contributed by atoms with E-state index in [0.717, 1.165) is 0 Å². The fourth-order valence-electron chi connectivity index (χ4n) is 1.81. The van der Waals surface area contributed by atoms with E-state index in [1.54, 1.807) is 0 Å². The van der Waals surface area contributed by atoms with Crippen molar-refractivity contribution in [2.75, 3.05) is 33.4 Å². The summed E-state index contributed by atoms with van der Waals surface area (Å²) in [5.74, 6) is -33.9. The van der Waals surface area contributed by atoms with Gasteiger partial charge in [-0.25, -0.2) is 8.42 Å². The Morgan fingerprint density at radius 1 is 0.621 bits per heavy atom. The van der Waals surface area contributed by atoms with E-state index in [9.17, 15) is 65.5 Å². The number of hydrogen-bond acceptors (Lipinski definition) is 2. The summed E-state index contributed by atoms with van der Waals surface area (Å²) in [6.07, 6.45) is -8.42. The second-order valence-corrected chi connectivity index (χ2v) is 9.15. The molecule has 0 unspecified atom stereocenters. The maximum atomic E-state index is 13.6. The van der Waals surface area contributed by atoms with Crippen molar-refractivity contribution < 1.29 is 70.0 Å². The lowest BCUT2D eigenvalue weighted by atomic mass is 9.98. The number of rotatable bonds is 9. The molecule has 0 bridgehead atoms. The number of halogens is 13. The van der Waals surface area contributed by atoms with E-state index in [2.05, 4.69) is 0 Å². The number of hydrogen-bond donors (Lipinski definition) is 0. The third-order valence-corrected chi connectivity index (χ3v) is 5.40. The smallest absolute Gasteiger partial charge is 0.331 e. The summed E-state index contributed by atoms with van der Waals surface area (Å²) in [5.41, 5.74) is 0. The molecular weight excluding hydrogens is 469 g/mol. The molecule has 0 rings (SSSR count). The van der Waals surface area contributed by atoms with Crippen LogP contribution in [-0.4, -0.2) is 81.5 Å². The van der Waals surface area contributed by atoms with Crippen LogP contribution in [0.25, 0.3) is 0 Å². The van der Waals surface area contributed by atoms with Gasteiger partial charge in [0.15, 0.2) is 0 Å². The van der Waals surface area contributed by atoms with Gasteiger partial charge in [0.1, 0.15) is 0 Å². The molecule has 0 spiro atoms. The van der Waals surface area contributed by atoms with Gasteiger partial charge in [-0.1, -0.05) is 0 Å². The van der Waals surface area contributed by atoms with Crippen molar-refractivity contribution in [2.45, 2.75) is 41.5 Å². The lowest BCUT2D eigenvalue weighted by Gasteiger charge is -2.39. The topological polar surface area (TPSA) is 34.1 Å². The van der Waals surface area contributed by atoms with Crippen molar-refractivity contribution in [3.05, 3.63) is 0 Å². The Labute approximate surface area is 156 Å². The summed E-state index contributed by atoms with van der Waals surface area (Å²) in [6, 6.07) is 0. The molecular formula is C12H15F13NO2S+. The first kappa shape index (κ1) is 28.0. The van der Waals surface area contributed by atoms with Gasteiger partial charge in [-0.05, 0) is 0 Å². The lowest BCUT2D eigenvalue weighted by Crippen LogP contribution is -2.71. The minimum absolute atomic E-state index is 0.135. The molecule has 0 fully saturated rings. The molecule has 17 heteroatoms. The van der Waals surface area contributed by atoms with Crippen LogP contribution in [0.2, 0.25) is 0 Å². The fraction of sp³-hybridized carbons (Fsp3) is 1.00. The van der Waals surface area contributed by atoms with Gasteiger partial charge >= 0.3 is 35.1 Å². The van der Waals surface area contributed by atoms with Gasteiger partial charge in [-0.2, -0.15) is 57.1 Å². The molecule has 0 aliphatic carbocycles. The van der Waals surface area contributed by atoms with Gasteiger partial charge in [-0.15, -0.1) is 0 Å². The molecule has 0 aromatic rings. The highest BCUT2D eigenvalue weighted by Crippen LogP contribution is 2.61. The average molecular weight is 484 g/mol. The summed E-state index contributed by atoms with van der Waals surface area (Å²) in [5, 5.41) is -7.10. The molecule has 0 N–H and O–H groups in total. The van der Waals surface area contributed by atoms with Crippen LogP contribution < -0.4 is 0 Å². The Hall–Kier alpha value is -1.00. The largest absolute Gasteiger partial charge is 0.460 e. The molecule has 0 amide bonds. The van der Waals surface area contributed by atoms with E-state index >= 15 is 0 Å². The highest BCUT2D eigenvalue weighted by Gasteiger charge is 2.92. The molecule has 0 aliphatic rings. The summed E-state index contributed by atoms with van der Waals surface area (Å²) in [7, 11) is -2.59. The van der Waals surface area contributed by atoms with E-state index in [1.807, 2.05) is 0 Å². The minimum Gasteiger partial charge on any atom is -0.331 e. The Balaban J connectivity index is 6.23. The molecule has 0 aromatic carbocycles. The third-order valence-electron chi connectivity index (χ3n) is 3.54. The number of nitrogens with zero attached hydrogens (tertiary/aromatic N) is 1. The molecule has 0 aliphatic heterocycles. The van der Waals surface area contributed by atoms with E-state index in [1.165, 1.54) is 21.1 Å². The van der Waals surface area contributed by atoms with Gasteiger partial charge in [-0.3, -0.25) is 0 Å². The van der Waals surface area contributed by atoms with Gasteiger partial charge in [0, 0.05) is 6.42 Å². The summed E-state index contributed by atoms with van der Waals surface area (Å²) < 4.78 is 191. The Morgan fingerprint density at radius 2 is 0.966 bits per heavy atom. The predicted octanol–water partition coefficient (Wildman–Crippen LogP) is 4.19. The summed E-state index contributed by atoms with van der Waals surface area (Å²) in [6.45, 7) is -0.320. The first-order chi connectivity index (χ1) is 12.2. The van der Waals surface area contributed by atoms with Crippen molar-refractivity contribution >= 4 is 9.84 Å². The van der Waals surface area contributed by atoms with Crippen LogP contribution in [0.5, 0.6) is 0 Å². The van der Waals surface area contributed by atoms with E-state index in [4.69, 9.17) is 0 Å². The fourth-order valence-corrected chi connectivity index (χ4v) is 3.09. The molecule has 0 heterocycles. The summed E-state index contributed by atoms with van der Waals surface area (Å²) >= 11 is 0. The normalized spacial score (nSPS) is 16.3. The quantitative estimate of drug-likeness (QED) is 0.364. The van der Waals surface area contributed by atoms with Crippen LogP contribution in [0.4, 0.5) is 57.1 Å². The van der Waals surface area contributed by atoms with Crippen molar-refractivity contribution in [2.24, 2.45) is 0 Å². The van der Waals surface area contributed by atoms with E-state index in [-0.39, 0.29) is 11.0 Å². The van der Waals surface area contributed by atoms with E-state index < -0.39 is 57.1 Å². The Morgan fingerprint density at radius 3 is 1.28 bits per heavy atom. The molecule has 0 radical (unpaired) electrons. The number of sulfone groups is 1. The predicted molar refractivity (Wildman–Crippen MR) is 72.1 cm³/mol. The van der Waals surface area contributed by atoms with Gasteiger partial charge in [0.05, 0.1) is 33.4 Å². The SMILES string of the molecule is C[N+](C)(C)CCCS(=O)(=O)C(F)(F)C(F)(F)C(F)(F)C(F)(F)C(F)(F)C(F)(F)F. The van der Waals surface area contributed by atoms with Gasteiger partial charge < -0.3 is 4.48 Å². The van der Waals surface area contributed by atoms with Crippen molar-refractivity contribution in [1.82, 2.24) is 0 Å². The van der Waals surface area contributed by atoms with Gasteiger partial charge in [0.2, 0.25) is 9.84 Å². The zero-order chi connectivity index (χ0) is 24.1. The molecule has 0 saturated carbocycles. The highest BCUT2D eigenvalue weighted by molar-refractivity contribution is 7.92. The van der Waals surface area contributed by atoms with Crippen molar-refractivity contribution in [1.29, 1.82) is 0 Å². The molecule has 3 nitrogen and oxygen atoms in total. The van der Waals surface area contributed by atoms with Crippen LogP contribution in [0, 0.1) is 0 Å².